The first-order valence-electron chi connectivity index (χ1n) is 6.61. The minimum atomic E-state index is -3.67. The van der Waals surface area contributed by atoms with Crippen LogP contribution >= 0.6 is 0 Å². The fraction of sp³-hybridized carbons (Fsp3) is 0.0714. The van der Waals surface area contributed by atoms with Gasteiger partial charge in [-0.2, -0.15) is 0 Å². The van der Waals surface area contributed by atoms with Crippen LogP contribution in [-0.4, -0.2) is 23.6 Å². The van der Waals surface area contributed by atoms with Crippen molar-refractivity contribution in [3.05, 3.63) is 64.9 Å². The van der Waals surface area contributed by atoms with Gasteiger partial charge >= 0.3 is 0 Å². The highest BCUT2D eigenvalue weighted by molar-refractivity contribution is 7.89. The monoisotopic (exact) mass is 332 g/mol. The minimum Gasteiger partial charge on any atom is -0.419 e. The van der Waals surface area contributed by atoms with Gasteiger partial charge in [-0.3, -0.25) is 4.79 Å². The number of hydrogen-bond acceptors (Lipinski definition) is 6. The van der Waals surface area contributed by atoms with Crippen LogP contribution in [0, 0.1) is 0 Å². The summed E-state index contributed by atoms with van der Waals surface area (Å²) in [6, 6.07) is 11.1. The zero-order valence-electron chi connectivity index (χ0n) is 11.8. The molecule has 1 aromatic carbocycles. The fourth-order valence-electron chi connectivity index (χ4n) is 1.86. The molecule has 0 aliphatic rings. The Kier molecular flexibility index (Phi) is 4.04. The van der Waals surface area contributed by atoms with E-state index in [4.69, 9.17) is 4.42 Å². The van der Waals surface area contributed by atoms with Crippen LogP contribution in [-0.2, 0) is 16.6 Å². The molecule has 23 heavy (non-hydrogen) atoms. The summed E-state index contributed by atoms with van der Waals surface area (Å²) >= 11 is 0. The highest BCUT2D eigenvalue weighted by Crippen LogP contribution is 2.13. The molecule has 0 unspecified atom stereocenters. The average Bonchev–Trinajstić information content (AvgIpc) is 3.03. The third-order valence-electron chi connectivity index (χ3n) is 2.98. The summed E-state index contributed by atoms with van der Waals surface area (Å²) in [6.45, 7) is -0.172. The van der Waals surface area contributed by atoms with E-state index in [0.29, 0.717) is 0 Å². The average molecular weight is 332 g/mol. The van der Waals surface area contributed by atoms with Gasteiger partial charge in [-0.25, -0.2) is 13.1 Å². The molecule has 0 radical (unpaired) electrons. The third-order valence-corrected chi connectivity index (χ3v) is 4.40. The van der Waals surface area contributed by atoms with Crippen molar-refractivity contribution in [2.75, 3.05) is 0 Å². The number of benzene rings is 1. The predicted molar refractivity (Wildman–Crippen MR) is 80.8 cm³/mol. The molecule has 0 fully saturated rings. The summed E-state index contributed by atoms with van der Waals surface area (Å²) in [5.41, 5.74) is -0.148. The molecule has 0 aliphatic heterocycles. The molecule has 2 N–H and O–H groups in total. The zero-order chi connectivity index (χ0) is 16.3. The minimum absolute atomic E-state index is 0.0285. The van der Waals surface area contributed by atoms with Crippen molar-refractivity contribution < 1.29 is 12.8 Å². The Labute approximate surface area is 131 Å². The SMILES string of the molecule is O=c1[nH]cccc1-c1nnc(CNS(=O)(=O)c2ccccc2)o1. The molecule has 9 heteroatoms. The Morgan fingerprint density at radius 3 is 2.61 bits per heavy atom. The lowest BCUT2D eigenvalue weighted by Crippen LogP contribution is -2.23. The Morgan fingerprint density at radius 2 is 1.87 bits per heavy atom. The number of sulfonamides is 1. The second kappa shape index (κ2) is 6.15. The van der Waals surface area contributed by atoms with E-state index < -0.39 is 10.0 Å². The molecule has 0 atom stereocenters. The number of aromatic amines is 1. The maximum absolute atomic E-state index is 12.1. The summed E-state index contributed by atoms with van der Waals surface area (Å²) in [6.07, 6.45) is 1.48. The van der Waals surface area contributed by atoms with Gasteiger partial charge in [-0.05, 0) is 24.3 Å². The quantitative estimate of drug-likeness (QED) is 0.717. The number of H-pyrrole nitrogens is 1. The van der Waals surface area contributed by atoms with E-state index in [9.17, 15) is 13.2 Å². The largest absolute Gasteiger partial charge is 0.419 e. The molecule has 0 saturated carbocycles. The molecule has 0 aliphatic carbocycles. The summed E-state index contributed by atoms with van der Waals surface area (Å²) < 4.78 is 31.8. The first-order chi connectivity index (χ1) is 11.1. The Morgan fingerprint density at radius 1 is 1.09 bits per heavy atom. The van der Waals surface area contributed by atoms with E-state index in [1.807, 2.05) is 0 Å². The number of hydrogen-bond donors (Lipinski definition) is 2. The molecule has 3 aromatic rings. The Bertz CT molecular complexity index is 963. The van der Waals surface area contributed by atoms with Crippen LogP contribution in [0.25, 0.3) is 11.5 Å². The standard InChI is InChI=1S/C14H12N4O4S/c19-13-11(7-4-8-15-13)14-18-17-12(22-14)9-16-23(20,21)10-5-2-1-3-6-10/h1-8,16H,9H2,(H,15,19). The van der Waals surface area contributed by atoms with Gasteiger partial charge in [0.25, 0.3) is 11.4 Å². The highest BCUT2D eigenvalue weighted by atomic mass is 32.2. The molecule has 2 heterocycles. The van der Waals surface area contributed by atoms with Gasteiger partial charge < -0.3 is 9.40 Å². The second-order valence-electron chi connectivity index (χ2n) is 4.55. The van der Waals surface area contributed by atoms with Crippen molar-refractivity contribution in [3.63, 3.8) is 0 Å². The van der Waals surface area contributed by atoms with E-state index in [0.717, 1.165) is 0 Å². The Balaban J connectivity index is 1.76. The maximum Gasteiger partial charge on any atom is 0.260 e. The molecule has 3 rings (SSSR count). The number of pyridine rings is 1. The van der Waals surface area contributed by atoms with Crippen LogP contribution in [0.5, 0.6) is 0 Å². The summed E-state index contributed by atoms with van der Waals surface area (Å²) in [4.78, 5) is 14.3. The van der Waals surface area contributed by atoms with E-state index >= 15 is 0 Å². The summed E-state index contributed by atoms with van der Waals surface area (Å²) in [5, 5.41) is 7.48. The van der Waals surface area contributed by atoms with Gasteiger partial charge in [-0.1, -0.05) is 18.2 Å². The molecular formula is C14H12N4O4S. The van der Waals surface area contributed by atoms with E-state index in [2.05, 4.69) is 19.9 Å². The Hall–Kier alpha value is -2.78. The smallest absolute Gasteiger partial charge is 0.260 e. The van der Waals surface area contributed by atoms with Crippen LogP contribution in [0.4, 0.5) is 0 Å². The predicted octanol–water partition coefficient (Wildman–Crippen LogP) is 0.903. The van der Waals surface area contributed by atoms with Crippen molar-refractivity contribution in [2.24, 2.45) is 0 Å². The summed E-state index contributed by atoms with van der Waals surface area (Å²) in [7, 11) is -3.67. The molecule has 0 amide bonds. The molecule has 118 valence electrons. The molecule has 2 aromatic heterocycles. The van der Waals surface area contributed by atoms with Gasteiger partial charge in [-0.15, -0.1) is 10.2 Å². The van der Waals surface area contributed by atoms with Crippen molar-refractivity contribution in [3.8, 4) is 11.5 Å². The van der Waals surface area contributed by atoms with E-state index in [-0.39, 0.29) is 34.3 Å². The van der Waals surface area contributed by atoms with Gasteiger partial charge in [0, 0.05) is 6.20 Å². The van der Waals surface area contributed by atoms with Gasteiger partial charge in [0.15, 0.2) is 0 Å². The lowest BCUT2D eigenvalue weighted by atomic mass is 10.3. The first-order valence-corrected chi connectivity index (χ1v) is 8.10. The molecule has 8 nitrogen and oxygen atoms in total. The zero-order valence-corrected chi connectivity index (χ0v) is 12.6. The first kappa shape index (κ1) is 15.1. The lowest BCUT2D eigenvalue weighted by Gasteiger charge is -2.03. The number of nitrogens with zero attached hydrogens (tertiary/aromatic N) is 2. The maximum atomic E-state index is 12.1. The topological polar surface area (TPSA) is 118 Å². The van der Waals surface area contributed by atoms with Crippen molar-refractivity contribution in [1.82, 2.24) is 19.9 Å². The second-order valence-corrected chi connectivity index (χ2v) is 6.32. The van der Waals surface area contributed by atoms with E-state index in [1.54, 1.807) is 24.3 Å². The number of nitrogens with one attached hydrogen (secondary N) is 2. The molecule has 0 saturated heterocycles. The normalized spacial score (nSPS) is 11.5. The van der Waals surface area contributed by atoms with Crippen LogP contribution < -0.4 is 10.3 Å². The lowest BCUT2D eigenvalue weighted by molar-refractivity contribution is 0.493. The third kappa shape index (κ3) is 3.35. The molecular weight excluding hydrogens is 320 g/mol. The molecule has 0 spiro atoms. The van der Waals surface area contributed by atoms with Crippen LogP contribution in [0.15, 0.2) is 62.8 Å². The van der Waals surface area contributed by atoms with Crippen molar-refractivity contribution in [1.29, 1.82) is 0 Å². The van der Waals surface area contributed by atoms with Crippen LogP contribution in [0.3, 0.4) is 0 Å². The van der Waals surface area contributed by atoms with Gasteiger partial charge in [0.2, 0.25) is 15.9 Å². The number of rotatable bonds is 5. The molecule has 0 bridgehead atoms. The van der Waals surface area contributed by atoms with Crippen molar-refractivity contribution in [2.45, 2.75) is 11.4 Å². The number of aromatic nitrogens is 3. The van der Waals surface area contributed by atoms with Crippen LogP contribution in [0.1, 0.15) is 5.89 Å². The van der Waals surface area contributed by atoms with Crippen LogP contribution in [0.2, 0.25) is 0 Å². The summed E-state index contributed by atoms with van der Waals surface area (Å²) in [5.74, 6) is 0.0866. The van der Waals surface area contributed by atoms with E-state index in [1.165, 1.54) is 24.4 Å². The van der Waals surface area contributed by atoms with Crippen molar-refractivity contribution >= 4 is 10.0 Å². The highest BCUT2D eigenvalue weighted by Gasteiger charge is 2.16. The fourth-order valence-corrected chi connectivity index (χ4v) is 2.86. The van der Waals surface area contributed by atoms with Gasteiger partial charge in [0.05, 0.1) is 11.4 Å². The van der Waals surface area contributed by atoms with Gasteiger partial charge in [0.1, 0.15) is 5.56 Å².